The van der Waals surface area contributed by atoms with Crippen molar-refractivity contribution in [2.75, 3.05) is 6.26 Å². The smallest absolute Gasteiger partial charge is 0.228 e. The van der Waals surface area contributed by atoms with Gasteiger partial charge >= 0.3 is 0 Å². The van der Waals surface area contributed by atoms with Crippen LogP contribution in [-0.4, -0.2) is 39.0 Å². The molecule has 0 unspecified atom stereocenters. The van der Waals surface area contributed by atoms with E-state index in [0.717, 1.165) is 30.1 Å². The molecule has 7 nitrogen and oxygen atoms in total. The van der Waals surface area contributed by atoms with E-state index in [-0.39, 0.29) is 5.16 Å². The molecule has 23 heavy (non-hydrogen) atoms. The number of aromatic nitrogens is 5. The quantitative estimate of drug-likeness (QED) is 0.711. The first-order chi connectivity index (χ1) is 10.9. The Hall–Kier alpha value is -2.22. The van der Waals surface area contributed by atoms with Crippen LogP contribution in [0.5, 0.6) is 0 Å². The van der Waals surface area contributed by atoms with Crippen LogP contribution in [-0.2, 0) is 22.9 Å². The number of rotatable bonds is 5. The molecule has 0 aliphatic rings. The van der Waals surface area contributed by atoms with Gasteiger partial charge in [-0.05, 0) is 25.5 Å². The molecule has 0 aliphatic heterocycles. The average molecular weight is 333 g/mol. The Morgan fingerprint density at radius 2 is 1.87 bits per heavy atom. The number of aryl methyl sites for hydroxylation is 1. The molecule has 1 aromatic carbocycles. The van der Waals surface area contributed by atoms with Crippen molar-refractivity contribution in [2.24, 2.45) is 0 Å². The molecular weight excluding hydrogens is 314 g/mol. The normalized spacial score (nSPS) is 12.1. The van der Waals surface area contributed by atoms with E-state index in [1.165, 1.54) is 6.26 Å². The van der Waals surface area contributed by atoms with Crippen molar-refractivity contribution >= 4 is 20.9 Å². The van der Waals surface area contributed by atoms with Gasteiger partial charge in [0.2, 0.25) is 15.0 Å². The molecule has 0 saturated heterocycles. The summed E-state index contributed by atoms with van der Waals surface area (Å²) in [5.41, 5.74) is 1.43. The summed E-state index contributed by atoms with van der Waals surface area (Å²) in [5.74, 6) is 1.56. The molecule has 3 rings (SSSR count). The molecule has 0 atom stereocenters. The maximum atomic E-state index is 12.1. The van der Waals surface area contributed by atoms with Gasteiger partial charge in [0.05, 0.1) is 17.6 Å². The highest BCUT2D eigenvalue weighted by molar-refractivity contribution is 7.90. The largest absolute Gasteiger partial charge is 0.314 e. The Bertz CT molecular complexity index is 956. The van der Waals surface area contributed by atoms with E-state index < -0.39 is 9.84 Å². The average Bonchev–Trinajstić information content (AvgIpc) is 3.03. The maximum Gasteiger partial charge on any atom is 0.228 e. The van der Waals surface area contributed by atoms with Crippen molar-refractivity contribution in [3.8, 4) is 0 Å². The van der Waals surface area contributed by atoms with Gasteiger partial charge < -0.3 is 9.13 Å². The van der Waals surface area contributed by atoms with E-state index in [1.54, 1.807) is 4.57 Å². The van der Waals surface area contributed by atoms with Crippen molar-refractivity contribution in [1.82, 2.24) is 24.3 Å². The number of hydrogen-bond donors (Lipinski definition) is 0. The molecular formula is C15H19N5O2S. The molecule has 0 aliphatic carbocycles. The van der Waals surface area contributed by atoms with Crippen LogP contribution in [0.15, 0.2) is 29.4 Å². The number of fused-ring (bicyclic) bond motifs is 1. The fourth-order valence-electron chi connectivity index (χ4n) is 2.69. The Kier molecular flexibility index (Phi) is 3.93. The monoisotopic (exact) mass is 333 g/mol. The number of sulfone groups is 1. The van der Waals surface area contributed by atoms with E-state index in [0.29, 0.717) is 12.1 Å². The van der Waals surface area contributed by atoms with Crippen LogP contribution >= 0.6 is 0 Å². The summed E-state index contributed by atoms with van der Waals surface area (Å²) in [4.78, 5) is 4.28. The van der Waals surface area contributed by atoms with E-state index >= 15 is 0 Å². The second kappa shape index (κ2) is 5.77. The molecule has 122 valence electrons. The summed E-state index contributed by atoms with van der Waals surface area (Å²) in [6.45, 7) is 5.10. The molecule has 8 heteroatoms. The third-order valence-corrected chi connectivity index (χ3v) is 4.69. The van der Waals surface area contributed by atoms with E-state index in [1.807, 2.05) is 35.8 Å². The summed E-state index contributed by atoms with van der Waals surface area (Å²) in [6.07, 6.45) is 2.13. The van der Waals surface area contributed by atoms with Crippen LogP contribution in [0.4, 0.5) is 0 Å². The minimum atomic E-state index is -3.44. The molecule has 0 bridgehead atoms. The highest BCUT2D eigenvalue weighted by Crippen LogP contribution is 2.21. The molecule has 0 spiro atoms. The second-order valence-electron chi connectivity index (χ2n) is 5.56. The van der Waals surface area contributed by atoms with Crippen molar-refractivity contribution in [2.45, 2.75) is 38.5 Å². The van der Waals surface area contributed by atoms with Crippen LogP contribution < -0.4 is 0 Å². The van der Waals surface area contributed by atoms with Gasteiger partial charge in [-0.1, -0.05) is 19.1 Å². The van der Waals surface area contributed by atoms with Gasteiger partial charge in [0, 0.05) is 12.8 Å². The first-order valence-electron chi connectivity index (χ1n) is 7.46. The third-order valence-electron chi connectivity index (χ3n) is 3.71. The summed E-state index contributed by atoms with van der Waals surface area (Å²) in [7, 11) is -3.44. The predicted octanol–water partition coefficient (Wildman–Crippen LogP) is 1.80. The predicted molar refractivity (Wildman–Crippen MR) is 87.0 cm³/mol. The fraction of sp³-hybridized carbons (Fsp3) is 0.400. The summed E-state index contributed by atoms with van der Waals surface area (Å²) < 4.78 is 27.9. The lowest BCUT2D eigenvalue weighted by Crippen LogP contribution is -2.14. The Labute approximate surface area is 134 Å². The fourth-order valence-corrected chi connectivity index (χ4v) is 3.51. The van der Waals surface area contributed by atoms with Crippen LogP contribution in [0.25, 0.3) is 11.0 Å². The number of nitrogens with zero attached hydrogens (tertiary/aromatic N) is 5. The van der Waals surface area contributed by atoms with Crippen LogP contribution in [0, 0.1) is 6.92 Å². The molecule has 2 heterocycles. The van der Waals surface area contributed by atoms with Gasteiger partial charge in [0.15, 0.2) is 5.82 Å². The van der Waals surface area contributed by atoms with Gasteiger partial charge in [-0.25, -0.2) is 13.4 Å². The van der Waals surface area contributed by atoms with E-state index in [4.69, 9.17) is 0 Å². The van der Waals surface area contributed by atoms with Crippen molar-refractivity contribution in [3.05, 3.63) is 35.9 Å². The zero-order chi connectivity index (χ0) is 16.6. The molecule has 0 saturated carbocycles. The first-order valence-corrected chi connectivity index (χ1v) is 9.35. The first kappa shape index (κ1) is 15.7. The summed E-state index contributed by atoms with van der Waals surface area (Å²) in [5, 5.41) is 8.38. The van der Waals surface area contributed by atoms with E-state index in [2.05, 4.69) is 22.1 Å². The lowest BCUT2D eigenvalue weighted by Gasteiger charge is -2.10. The van der Waals surface area contributed by atoms with Crippen LogP contribution in [0.2, 0.25) is 0 Å². The maximum absolute atomic E-state index is 12.1. The van der Waals surface area contributed by atoms with Gasteiger partial charge in [0.25, 0.3) is 0 Å². The molecule has 0 fully saturated rings. The Morgan fingerprint density at radius 3 is 2.57 bits per heavy atom. The lowest BCUT2D eigenvalue weighted by molar-refractivity contribution is 0.563. The summed E-state index contributed by atoms with van der Waals surface area (Å²) >= 11 is 0. The molecule has 2 aromatic heterocycles. The molecule has 0 N–H and O–H groups in total. The van der Waals surface area contributed by atoms with Crippen LogP contribution in [0.3, 0.4) is 0 Å². The highest BCUT2D eigenvalue weighted by atomic mass is 32.2. The Balaban J connectivity index is 2.16. The zero-order valence-electron chi connectivity index (χ0n) is 13.4. The Morgan fingerprint density at radius 1 is 1.13 bits per heavy atom. The number of imidazole rings is 1. The second-order valence-corrected chi connectivity index (χ2v) is 7.47. The minimum Gasteiger partial charge on any atom is -0.314 e. The van der Waals surface area contributed by atoms with Gasteiger partial charge in [-0.3, -0.25) is 0 Å². The van der Waals surface area contributed by atoms with Gasteiger partial charge in [-0.15, -0.1) is 10.2 Å². The highest BCUT2D eigenvalue weighted by Gasteiger charge is 2.21. The zero-order valence-corrected chi connectivity index (χ0v) is 14.2. The van der Waals surface area contributed by atoms with Gasteiger partial charge in [-0.2, -0.15) is 0 Å². The van der Waals surface area contributed by atoms with Crippen molar-refractivity contribution in [1.29, 1.82) is 0 Å². The topological polar surface area (TPSA) is 82.7 Å². The minimum absolute atomic E-state index is 0.0578. The van der Waals surface area contributed by atoms with Crippen molar-refractivity contribution < 1.29 is 8.42 Å². The molecule has 0 radical (unpaired) electrons. The standard InChI is InChI=1S/C15H19N5O2S/c1-4-9-19-11(2)17-18-14(19)10-20-13-8-6-5-7-12(13)16-15(20)23(3,21)22/h5-8H,4,9-10H2,1-3H3. The van der Waals surface area contributed by atoms with E-state index in [9.17, 15) is 8.42 Å². The lowest BCUT2D eigenvalue weighted by atomic mass is 10.3. The number of hydrogen-bond acceptors (Lipinski definition) is 5. The van der Waals surface area contributed by atoms with Crippen molar-refractivity contribution in [3.63, 3.8) is 0 Å². The molecule has 0 amide bonds. The SMILES string of the molecule is CCCn1c(C)nnc1Cn1c(S(C)(=O)=O)nc2ccccc21. The third kappa shape index (κ3) is 2.86. The summed E-state index contributed by atoms with van der Waals surface area (Å²) in [6, 6.07) is 7.39. The number of para-hydroxylation sites is 2. The molecule has 3 aromatic rings. The van der Waals surface area contributed by atoms with Gasteiger partial charge in [0.1, 0.15) is 5.82 Å². The number of benzene rings is 1. The van der Waals surface area contributed by atoms with Crippen LogP contribution in [0.1, 0.15) is 25.0 Å².